The molecule has 0 unspecified atom stereocenters. The molecule has 0 aromatic heterocycles. The zero-order valence-electron chi connectivity index (χ0n) is 32.7. The van der Waals surface area contributed by atoms with Gasteiger partial charge in [-0.25, -0.2) is 4.79 Å². The topological polar surface area (TPSA) is 340 Å². The van der Waals surface area contributed by atoms with Crippen molar-refractivity contribution in [2.24, 2.45) is 34.8 Å². The number of amides is 1. The SMILES string of the molecule is CC(C)C[C@@H](N)C(=O)O.CC(C)[C@@H](N)C(=O)O.N[C@H](Cc1ccccc1)C(=O)O.N[C@H](Cc1ccccc1)C(=O)O.O=C(CO)N[C@H](Cc1ccccc1)C(=O)O. The van der Waals surface area contributed by atoms with Gasteiger partial charge in [0, 0.05) is 6.42 Å². The summed E-state index contributed by atoms with van der Waals surface area (Å²) in [6.45, 7) is 6.74. The quantitative estimate of drug-likeness (QED) is 0.0979. The number of aliphatic carboxylic acids is 5. The van der Waals surface area contributed by atoms with E-state index in [9.17, 15) is 28.8 Å². The van der Waals surface area contributed by atoms with E-state index in [1.165, 1.54) is 0 Å². The van der Waals surface area contributed by atoms with E-state index in [2.05, 4.69) is 5.32 Å². The Labute approximate surface area is 332 Å². The summed E-state index contributed by atoms with van der Waals surface area (Å²) in [6.07, 6.45) is 1.52. The van der Waals surface area contributed by atoms with E-state index < -0.39 is 72.6 Å². The van der Waals surface area contributed by atoms with Gasteiger partial charge in [0.15, 0.2) is 0 Å². The highest BCUT2D eigenvalue weighted by atomic mass is 16.4. The Bertz CT molecular complexity index is 1540. The van der Waals surface area contributed by atoms with Gasteiger partial charge in [0.2, 0.25) is 5.91 Å². The number of hydrogen-bond acceptors (Lipinski definition) is 11. The summed E-state index contributed by atoms with van der Waals surface area (Å²) in [5.74, 6) is -5.20. The fourth-order valence-electron chi connectivity index (χ4n) is 4.09. The highest BCUT2D eigenvalue weighted by Crippen LogP contribution is 2.05. The molecule has 0 spiro atoms. The number of nitrogens with one attached hydrogen (secondary N) is 1. The Morgan fingerprint density at radius 3 is 1.05 bits per heavy atom. The van der Waals surface area contributed by atoms with Gasteiger partial charge in [-0.1, -0.05) is 119 Å². The number of carboxylic acid groups (broad SMARTS) is 5. The van der Waals surface area contributed by atoms with Crippen LogP contribution in [0.1, 0.15) is 50.8 Å². The minimum Gasteiger partial charge on any atom is -0.480 e. The summed E-state index contributed by atoms with van der Waals surface area (Å²) in [6, 6.07) is 23.6. The van der Waals surface area contributed by atoms with Crippen molar-refractivity contribution >= 4 is 35.8 Å². The van der Waals surface area contributed by atoms with Crippen LogP contribution in [0.15, 0.2) is 91.0 Å². The number of aliphatic hydroxyl groups is 1. The molecule has 15 N–H and O–H groups in total. The number of carboxylic acids is 5. The third kappa shape index (κ3) is 28.4. The van der Waals surface area contributed by atoms with Crippen LogP contribution in [-0.2, 0) is 48.0 Å². The van der Waals surface area contributed by atoms with Crippen LogP contribution in [0.25, 0.3) is 0 Å². The second-order valence-corrected chi connectivity index (χ2v) is 13.3. The monoisotopic (exact) mass is 801 g/mol. The Hall–Kier alpha value is -5.72. The van der Waals surface area contributed by atoms with Crippen LogP contribution in [0, 0.1) is 11.8 Å². The van der Waals surface area contributed by atoms with E-state index in [1.54, 1.807) is 38.1 Å². The Kier molecular flexibility index (Phi) is 28.6. The molecule has 0 fully saturated rings. The fraction of sp³-hybridized carbons (Fsp3) is 0.400. The van der Waals surface area contributed by atoms with E-state index in [0.29, 0.717) is 25.2 Å². The van der Waals surface area contributed by atoms with Gasteiger partial charge in [-0.15, -0.1) is 0 Å². The maximum absolute atomic E-state index is 10.9. The summed E-state index contributed by atoms with van der Waals surface area (Å²) in [7, 11) is 0. The lowest BCUT2D eigenvalue weighted by molar-refractivity contribution is -0.142. The number of aliphatic hydroxyl groups excluding tert-OH is 1. The molecule has 0 heterocycles. The molecular weight excluding hydrogens is 742 g/mol. The van der Waals surface area contributed by atoms with Gasteiger partial charge in [0.1, 0.15) is 36.8 Å². The maximum Gasteiger partial charge on any atom is 0.326 e. The minimum absolute atomic E-state index is 0.0208. The molecule has 0 saturated carbocycles. The lowest BCUT2D eigenvalue weighted by atomic mass is 10.1. The van der Waals surface area contributed by atoms with Crippen molar-refractivity contribution < 1.29 is 59.4 Å². The van der Waals surface area contributed by atoms with Gasteiger partial charge in [0.25, 0.3) is 0 Å². The van der Waals surface area contributed by atoms with Gasteiger partial charge < -0.3 is 58.9 Å². The number of benzene rings is 3. The van der Waals surface area contributed by atoms with E-state index in [0.717, 1.165) is 16.7 Å². The predicted octanol–water partition coefficient (Wildman–Crippen LogP) is 1.57. The molecule has 5 atom stereocenters. The van der Waals surface area contributed by atoms with Crippen LogP contribution in [0.4, 0.5) is 0 Å². The van der Waals surface area contributed by atoms with Crippen molar-refractivity contribution in [3.8, 4) is 0 Å². The first-order valence-electron chi connectivity index (χ1n) is 17.8. The molecule has 17 nitrogen and oxygen atoms in total. The van der Waals surface area contributed by atoms with Crippen molar-refractivity contribution in [3.05, 3.63) is 108 Å². The summed E-state index contributed by atoms with van der Waals surface area (Å²) in [5.41, 5.74) is 23.8. The third-order valence-electron chi connectivity index (χ3n) is 7.34. The number of carbonyl (C=O) groups excluding carboxylic acids is 1. The van der Waals surface area contributed by atoms with Gasteiger partial charge in [0.05, 0.1) is 0 Å². The second-order valence-electron chi connectivity index (χ2n) is 13.3. The number of hydrogen-bond donors (Lipinski definition) is 11. The predicted molar refractivity (Wildman–Crippen MR) is 214 cm³/mol. The Morgan fingerprint density at radius 2 is 0.842 bits per heavy atom. The molecule has 316 valence electrons. The lowest BCUT2D eigenvalue weighted by Gasteiger charge is -2.13. The largest absolute Gasteiger partial charge is 0.480 e. The Morgan fingerprint density at radius 1 is 0.509 bits per heavy atom. The normalized spacial score (nSPS) is 12.7. The average Bonchev–Trinajstić information content (AvgIpc) is 3.16. The molecular formula is C40H59N5O12. The summed E-state index contributed by atoms with van der Waals surface area (Å²) in [5, 5.41) is 53.2. The summed E-state index contributed by atoms with van der Waals surface area (Å²) >= 11 is 0. The second kappa shape index (κ2) is 30.5. The number of rotatable bonds is 16. The van der Waals surface area contributed by atoms with Crippen LogP contribution < -0.4 is 28.3 Å². The van der Waals surface area contributed by atoms with E-state index in [4.69, 9.17) is 53.6 Å². The van der Waals surface area contributed by atoms with E-state index in [1.807, 2.05) is 80.6 Å². The van der Waals surface area contributed by atoms with Gasteiger partial charge in [-0.05, 0) is 47.8 Å². The van der Waals surface area contributed by atoms with Gasteiger partial charge in [-0.2, -0.15) is 0 Å². The molecule has 3 rings (SSSR count). The highest BCUT2D eigenvalue weighted by molar-refractivity contribution is 5.84. The summed E-state index contributed by atoms with van der Waals surface area (Å²) < 4.78 is 0. The Balaban J connectivity index is 0. The van der Waals surface area contributed by atoms with Crippen LogP contribution in [0.5, 0.6) is 0 Å². The minimum atomic E-state index is -1.12. The van der Waals surface area contributed by atoms with Crippen LogP contribution in [-0.4, -0.2) is 103 Å². The zero-order valence-corrected chi connectivity index (χ0v) is 32.7. The number of nitrogens with two attached hydrogens (primary N) is 4. The first-order chi connectivity index (χ1) is 26.6. The lowest BCUT2D eigenvalue weighted by Crippen LogP contribution is -2.43. The smallest absolute Gasteiger partial charge is 0.326 e. The molecule has 0 aliphatic heterocycles. The van der Waals surface area contributed by atoms with Crippen LogP contribution in [0.2, 0.25) is 0 Å². The molecule has 3 aromatic carbocycles. The number of carbonyl (C=O) groups is 6. The van der Waals surface area contributed by atoms with Gasteiger partial charge >= 0.3 is 29.8 Å². The fourth-order valence-corrected chi connectivity index (χ4v) is 4.09. The highest BCUT2D eigenvalue weighted by Gasteiger charge is 2.20. The summed E-state index contributed by atoms with van der Waals surface area (Å²) in [4.78, 5) is 62.6. The van der Waals surface area contributed by atoms with Crippen LogP contribution >= 0.6 is 0 Å². The molecule has 3 aromatic rings. The molecule has 57 heavy (non-hydrogen) atoms. The van der Waals surface area contributed by atoms with Crippen molar-refractivity contribution in [1.29, 1.82) is 0 Å². The molecule has 17 heteroatoms. The zero-order chi connectivity index (χ0) is 44.1. The molecule has 0 saturated heterocycles. The molecule has 0 aliphatic carbocycles. The standard InChI is InChI=1S/C11H13NO4.2C9H11NO2.C6H13NO2.C5H11NO2/c13-7-10(14)12-9(11(15)16)6-8-4-2-1-3-5-8;2*10-8(9(11)12)6-7-4-2-1-3-5-7;1-4(2)3-5(7)6(8)9;1-3(2)4(6)5(7)8/h1-5,9,13H,6-7H2,(H,12,14)(H,15,16);2*1-5,8H,6,10H2,(H,11,12);4-5H,3,7H2,1-2H3,(H,8,9);3-4H,6H2,1-2H3,(H,7,8)/t9-;2*8-;5-;4-/m11111/s1. The molecule has 0 radical (unpaired) electrons. The van der Waals surface area contributed by atoms with Gasteiger partial charge in [-0.3, -0.25) is 24.0 Å². The molecule has 0 bridgehead atoms. The maximum atomic E-state index is 10.9. The molecule has 1 amide bonds. The first-order valence-corrected chi connectivity index (χ1v) is 17.8. The third-order valence-corrected chi connectivity index (χ3v) is 7.34. The van der Waals surface area contributed by atoms with E-state index >= 15 is 0 Å². The van der Waals surface area contributed by atoms with Crippen LogP contribution in [0.3, 0.4) is 0 Å². The van der Waals surface area contributed by atoms with E-state index in [-0.39, 0.29) is 12.3 Å². The first kappa shape index (κ1) is 53.4. The average molecular weight is 802 g/mol. The van der Waals surface area contributed by atoms with Crippen molar-refractivity contribution in [3.63, 3.8) is 0 Å². The van der Waals surface area contributed by atoms with Crippen molar-refractivity contribution in [1.82, 2.24) is 5.32 Å². The van der Waals surface area contributed by atoms with Crippen molar-refractivity contribution in [2.45, 2.75) is 83.6 Å². The van der Waals surface area contributed by atoms with Crippen molar-refractivity contribution in [2.75, 3.05) is 6.61 Å². The molecule has 0 aliphatic rings.